The number of benzene rings is 2. The number of aliphatic carboxylic acids is 1. The Balaban J connectivity index is 2.01. The van der Waals surface area contributed by atoms with E-state index in [0.29, 0.717) is 24.1 Å². The van der Waals surface area contributed by atoms with Gasteiger partial charge in [-0.3, -0.25) is 0 Å². The summed E-state index contributed by atoms with van der Waals surface area (Å²) < 4.78 is 6.02. The van der Waals surface area contributed by atoms with Crippen molar-refractivity contribution >= 4 is 17.7 Å². The second-order valence-electron chi connectivity index (χ2n) is 8.03. The molecular weight excluding hydrogens is 418 g/mol. The second kappa shape index (κ2) is 11.8. The lowest BCUT2D eigenvalue weighted by Gasteiger charge is -2.20. The third-order valence-corrected chi connectivity index (χ3v) is 5.25. The van der Waals surface area contributed by atoms with Crippen molar-refractivity contribution in [2.24, 2.45) is 5.16 Å². The average molecular weight is 448 g/mol. The number of hydrogen-bond acceptors (Lipinski definition) is 5. The molecule has 0 unspecified atom stereocenters. The lowest BCUT2D eigenvalue weighted by molar-refractivity contribution is -0.142. The van der Waals surface area contributed by atoms with Crippen molar-refractivity contribution in [2.45, 2.75) is 45.6 Å². The number of oxime groups is 1. The summed E-state index contributed by atoms with van der Waals surface area (Å²) >= 11 is 0. The number of carbonyl (C=O) groups is 2. The summed E-state index contributed by atoms with van der Waals surface area (Å²) in [6.07, 6.45) is 10.0. The highest BCUT2D eigenvalue weighted by atomic mass is 16.6. The molecule has 2 aromatic carbocycles. The molecular formula is C27H29NO5. The summed E-state index contributed by atoms with van der Waals surface area (Å²) in [4.78, 5) is 29.2. The first-order chi connectivity index (χ1) is 15.9. The Labute approximate surface area is 194 Å². The highest BCUT2D eigenvalue weighted by Gasteiger charge is 2.22. The predicted molar refractivity (Wildman–Crippen MR) is 127 cm³/mol. The molecule has 0 saturated carbocycles. The van der Waals surface area contributed by atoms with E-state index in [9.17, 15) is 9.59 Å². The number of fused-ring (bicyclic) bond motifs is 1. The van der Waals surface area contributed by atoms with Crippen LogP contribution in [0.5, 0.6) is 0 Å². The van der Waals surface area contributed by atoms with Crippen LogP contribution in [0, 0.1) is 13.8 Å². The number of ether oxygens (including phenoxy) is 1. The van der Waals surface area contributed by atoms with E-state index in [1.165, 1.54) is 0 Å². The van der Waals surface area contributed by atoms with Crippen molar-refractivity contribution in [3.63, 3.8) is 0 Å². The fraction of sp³-hybridized carbons (Fsp3) is 0.296. The van der Waals surface area contributed by atoms with Crippen LogP contribution in [0.4, 0.5) is 0 Å². The molecule has 0 radical (unpaired) electrons. The van der Waals surface area contributed by atoms with Crippen LogP contribution in [-0.4, -0.2) is 29.4 Å². The number of carbonyl (C=O) groups excluding carboxylic acids is 1. The standard InChI is InChI=1S/C27H29NO5/c1-19-15-20(2)26-22(16-19)17-23(28-32-18-25(29)30)13-9-4-3-5-10-14-24(33-27(26)31)21-11-7-6-8-12-21/h5-13,15-16,24H,3-4,14,17-18H2,1-2H3,(H,29,30)/b10-5+,13-9+,28-23+/t24-/m1/s1. The smallest absolute Gasteiger partial charge is 0.344 e. The fourth-order valence-electron chi connectivity index (χ4n) is 3.83. The van der Waals surface area contributed by atoms with Gasteiger partial charge in [0.25, 0.3) is 0 Å². The highest BCUT2D eigenvalue weighted by molar-refractivity contribution is 6.00. The molecule has 6 nitrogen and oxygen atoms in total. The number of nitrogens with zero attached hydrogens (tertiary/aromatic N) is 1. The molecule has 0 spiro atoms. The van der Waals surface area contributed by atoms with E-state index < -0.39 is 24.6 Å². The van der Waals surface area contributed by atoms with E-state index in [4.69, 9.17) is 14.7 Å². The molecule has 172 valence electrons. The summed E-state index contributed by atoms with van der Waals surface area (Å²) in [5.74, 6) is -1.49. The summed E-state index contributed by atoms with van der Waals surface area (Å²) in [6, 6.07) is 13.6. The number of carboxylic acid groups (broad SMARTS) is 1. The first-order valence-electron chi connectivity index (χ1n) is 11.0. The van der Waals surface area contributed by atoms with Crippen LogP contribution >= 0.6 is 0 Å². The van der Waals surface area contributed by atoms with Gasteiger partial charge >= 0.3 is 11.9 Å². The number of rotatable bonds is 4. The Morgan fingerprint density at radius 3 is 2.64 bits per heavy atom. The Kier molecular flexibility index (Phi) is 8.58. The van der Waals surface area contributed by atoms with E-state index >= 15 is 0 Å². The van der Waals surface area contributed by atoms with Crippen molar-refractivity contribution in [3.8, 4) is 0 Å². The van der Waals surface area contributed by atoms with Gasteiger partial charge in [0.2, 0.25) is 6.61 Å². The summed E-state index contributed by atoms with van der Waals surface area (Å²) in [5, 5.41) is 12.9. The minimum atomic E-state index is -1.10. The number of allylic oxidation sites excluding steroid dienone is 3. The van der Waals surface area contributed by atoms with Crippen LogP contribution in [0.25, 0.3) is 0 Å². The van der Waals surface area contributed by atoms with E-state index in [1.54, 1.807) is 0 Å². The van der Waals surface area contributed by atoms with Gasteiger partial charge in [0.15, 0.2) is 0 Å². The Hall–Kier alpha value is -3.67. The zero-order valence-electron chi connectivity index (χ0n) is 19.0. The number of hydrogen-bond donors (Lipinski definition) is 1. The van der Waals surface area contributed by atoms with Gasteiger partial charge in [-0.25, -0.2) is 9.59 Å². The van der Waals surface area contributed by atoms with Crippen molar-refractivity contribution in [3.05, 3.63) is 94.6 Å². The molecule has 0 amide bonds. The quantitative estimate of drug-likeness (QED) is 0.380. The zero-order chi connectivity index (χ0) is 23.6. The molecule has 1 atom stereocenters. The van der Waals surface area contributed by atoms with Crippen LogP contribution in [0.1, 0.15) is 58.0 Å². The number of esters is 1. The number of cyclic esters (lactones) is 1. The largest absolute Gasteiger partial charge is 0.479 e. The molecule has 1 aliphatic heterocycles. The first kappa shape index (κ1) is 24.0. The Morgan fingerprint density at radius 2 is 1.88 bits per heavy atom. The normalized spacial score (nSPS) is 20.2. The Bertz CT molecular complexity index is 1070. The fourth-order valence-corrected chi connectivity index (χ4v) is 3.83. The topological polar surface area (TPSA) is 85.2 Å². The van der Waals surface area contributed by atoms with Crippen molar-refractivity contribution in [2.75, 3.05) is 6.61 Å². The van der Waals surface area contributed by atoms with Crippen molar-refractivity contribution in [1.29, 1.82) is 0 Å². The van der Waals surface area contributed by atoms with E-state index in [-0.39, 0.29) is 0 Å². The van der Waals surface area contributed by atoms with Gasteiger partial charge in [-0.2, -0.15) is 0 Å². The molecule has 3 rings (SSSR count). The van der Waals surface area contributed by atoms with Crippen LogP contribution in [-0.2, 0) is 20.8 Å². The van der Waals surface area contributed by atoms with Gasteiger partial charge in [0, 0.05) is 12.8 Å². The zero-order valence-corrected chi connectivity index (χ0v) is 19.0. The highest BCUT2D eigenvalue weighted by Crippen LogP contribution is 2.27. The maximum absolute atomic E-state index is 13.4. The van der Waals surface area contributed by atoms with E-state index in [1.807, 2.05) is 74.5 Å². The molecule has 0 aromatic heterocycles. The molecule has 0 saturated heterocycles. The van der Waals surface area contributed by atoms with Gasteiger partial charge < -0.3 is 14.7 Å². The molecule has 1 heterocycles. The second-order valence-corrected chi connectivity index (χ2v) is 8.03. The van der Waals surface area contributed by atoms with Crippen molar-refractivity contribution in [1.82, 2.24) is 0 Å². The predicted octanol–water partition coefficient (Wildman–Crippen LogP) is 5.50. The lowest BCUT2D eigenvalue weighted by Crippen LogP contribution is -2.17. The van der Waals surface area contributed by atoms with Gasteiger partial charge in [0.05, 0.1) is 11.3 Å². The Morgan fingerprint density at radius 1 is 1.12 bits per heavy atom. The minimum Gasteiger partial charge on any atom is -0.479 e. The molecule has 6 heteroatoms. The van der Waals surface area contributed by atoms with Crippen LogP contribution < -0.4 is 0 Å². The van der Waals surface area contributed by atoms with Crippen LogP contribution in [0.3, 0.4) is 0 Å². The molecule has 0 aliphatic carbocycles. The lowest BCUT2D eigenvalue weighted by atomic mass is 9.94. The van der Waals surface area contributed by atoms with Gasteiger partial charge in [-0.1, -0.05) is 71.4 Å². The molecule has 2 aromatic rings. The SMILES string of the molecule is Cc1cc(C)c2c(c1)CC(=N/OCC(=O)O)/C=C/CC/C=C/C[C@H](c1ccccc1)OC2=O. The molecule has 33 heavy (non-hydrogen) atoms. The van der Waals surface area contributed by atoms with E-state index in [2.05, 4.69) is 11.2 Å². The van der Waals surface area contributed by atoms with Gasteiger partial charge in [-0.15, -0.1) is 0 Å². The average Bonchev–Trinajstić information content (AvgIpc) is 2.76. The first-order valence-corrected chi connectivity index (χ1v) is 11.0. The summed E-state index contributed by atoms with van der Waals surface area (Å²) in [7, 11) is 0. The number of carboxylic acids is 1. The minimum absolute atomic E-state index is 0.314. The summed E-state index contributed by atoms with van der Waals surface area (Å²) in [5.41, 5.74) is 4.58. The molecule has 0 fully saturated rings. The maximum Gasteiger partial charge on any atom is 0.344 e. The van der Waals surface area contributed by atoms with E-state index in [0.717, 1.165) is 35.1 Å². The van der Waals surface area contributed by atoms with Crippen LogP contribution in [0.2, 0.25) is 0 Å². The third-order valence-electron chi connectivity index (χ3n) is 5.25. The molecule has 1 N–H and O–H groups in total. The van der Waals surface area contributed by atoms with Gasteiger partial charge in [0.1, 0.15) is 6.10 Å². The summed E-state index contributed by atoms with van der Waals surface area (Å²) in [6.45, 7) is 3.33. The molecule has 1 aliphatic rings. The number of aryl methyl sites for hydroxylation is 2. The van der Waals surface area contributed by atoms with Gasteiger partial charge in [-0.05, 0) is 49.5 Å². The van der Waals surface area contributed by atoms with Crippen molar-refractivity contribution < 1.29 is 24.3 Å². The molecule has 0 bridgehead atoms. The maximum atomic E-state index is 13.4. The third kappa shape index (κ3) is 7.17. The monoisotopic (exact) mass is 447 g/mol. The van der Waals surface area contributed by atoms with Crippen LogP contribution in [0.15, 0.2) is 71.9 Å².